The molecule has 19 heavy (non-hydrogen) atoms. The van der Waals surface area contributed by atoms with Gasteiger partial charge in [-0.25, -0.2) is 5.84 Å². The number of nitrogen functional groups attached to an aromatic ring is 1. The highest BCUT2D eigenvalue weighted by molar-refractivity contribution is 5.35. The van der Waals surface area contributed by atoms with E-state index in [9.17, 15) is 0 Å². The first kappa shape index (κ1) is 13.8. The van der Waals surface area contributed by atoms with Gasteiger partial charge in [-0.2, -0.15) is 15.0 Å². The maximum Gasteiger partial charge on any atom is 0.323 e. The number of aromatic nitrogens is 3. The van der Waals surface area contributed by atoms with Crippen LogP contribution in [0.1, 0.15) is 26.7 Å². The lowest BCUT2D eigenvalue weighted by Gasteiger charge is -2.13. The predicted molar refractivity (Wildman–Crippen MR) is 70.9 cm³/mol. The lowest BCUT2D eigenvalue weighted by molar-refractivity contribution is 0.120. The molecule has 1 unspecified atom stereocenters. The van der Waals surface area contributed by atoms with E-state index in [-0.39, 0.29) is 24.2 Å². The molecular formula is C11H20N6O2. The second-order valence-corrected chi connectivity index (χ2v) is 4.59. The number of anilines is 2. The average molecular weight is 268 g/mol. The fourth-order valence-corrected chi connectivity index (χ4v) is 1.77. The second kappa shape index (κ2) is 6.48. The molecule has 106 valence electrons. The number of nitrogens with one attached hydrogen (secondary N) is 2. The van der Waals surface area contributed by atoms with E-state index in [1.165, 1.54) is 0 Å². The van der Waals surface area contributed by atoms with Gasteiger partial charge in [-0.15, -0.1) is 0 Å². The van der Waals surface area contributed by atoms with Crippen molar-refractivity contribution in [3.8, 4) is 6.01 Å². The maximum absolute atomic E-state index is 5.52. The Bertz CT molecular complexity index is 408. The molecular weight excluding hydrogens is 248 g/mol. The molecule has 0 aliphatic carbocycles. The van der Waals surface area contributed by atoms with Crippen molar-refractivity contribution in [2.75, 3.05) is 23.9 Å². The summed E-state index contributed by atoms with van der Waals surface area (Å²) in [5.74, 6) is 6.02. The van der Waals surface area contributed by atoms with Crippen LogP contribution in [0.2, 0.25) is 0 Å². The van der Waals surface area contributed by atoms with Gasteiger partial charge in [0, 0.05) is 13.2 Å². The molecule has 1 fully saturated rings. The average Bonchev–Trinajstić information content (AvgIpc) is 2.88. The zero-order valence-corrected chi connectivity index (χ0v) is 11.2. The summed E-state index contributed by atoms with van der Waals surface area (Å²) in [5.41, 5.74) is 2.40. The summed E-state index contributed by atoms with van der Waals surface area (Å²) in [6.45, 7) is 5.29. The minimum Gasteiger partial charge on any atom is -0.461 e. The zero-order valence-electron chi connectivity index (χ0n) is 11.2. The van der Waals surface area contributed by atoms with E-state index in [1.807, 2.05) is 13.8 Å². The van der Waals surface area contributed by atoms with Crippen molar-refractivity contribution in [1.82, 2.24) is 15.0 Å². The number of nitrogens with two attached hydrogens (primary N) is 1. The molecule has 0 saturated carbocycles. The van der Waals surface area contributed by atoms with Crippen LogP contribution in [0.4, 0.5) is 11.9 Å². The highest BCUT2D eigenvalue weighted by Gasteiger charge is 2.16. The smallest absolute Gasteiger partial charge is 0.323 e. The standard InChI is InChI=1S/C11H20N6O2/c1-7(2)19-11-15-9(14-10(16-11)17-12)13-6-8-4-3-5-18-8/h7-8H,3-6,12H2,1-2H3,(H2,13,14,15,16,17). The van der Waals surface area contributed by atoms with E-state index in [2.05, 4.69) is 25.7 Å². The molecule has 2 heterocycles. The van der Waals surface area contributed by atoms with Gasteiger partial charge < -0.3 is 14.8 Å². The number of rotatable bonds is 6. The molecule has 2 rings (SSSR count). The summed E-state index contributed by atoms with van der Waals surface area (Å²) in [7, 11) is 0. The van der Waals surface area contributed by atoms with E-state index in [0.29, 0.717) is 12.5 Å². The fourth-order valence-electron chi connectivity index (χ4n) is 1.77. The summed E-state index contributed by atoms with van der Waals surface area (Å²) < 4.78 is 11.0. The first-order valence-corrected chi connectivity index (χ1v) is 6.42. The number of hydrazine groups is 1. The fraction of sp³-hybridized carbons (Fsp3) is 0.727. The molecule has 1 aliphatic heterocycles. The number of hydrogen-bond acceptors (Lipinski definition) is 8. The molecule has 0 radical (unpaired) electrons. The Balaban J connectivity index is 2.00. The van der Waals surface area contributed by atoms with Crippen molar-refractivity contribution in [1.29, 1.82) is 0 Å². The van der Waals surface area contributed by atoms with Crippen LogP contribution in [0.3, 0.4) is 0 Å². The van der Waals surface area contributed by atoms with Gasteiger partial charge >= 0.3 is 6.01 Å². The number of ether oxygens (including phenoxy) is 2. The molecule has 0 amide bonds. The van der Waals surface area contributed by atoms with Crippen molar-refractivity contribution >= 4 is 11.9 Å². The van der Waals surface area contributed by atoms with Gasteiger partial charge in [0.2, 0.25) is 11.9 Å². The minimum atomic E-state index is -0.0148. The van der Waals surface area contributed by atoms with Crippen LogP contribution in [-0.2, 0) is 4.74 Å². The van der Waals surface area contributed by atoms with Crippen molar-refractivity contribution in [3.05, 3.63) is 0 Å². The number of hydrogen-bond donors (Lipinski definition) is 3. The van der Waals surface area contributed by atoms with E-state index >= 15 is 0 Å². The van der Waals surface area contributed by atoms with Gasteiger partial charge in [-0.1, -0.05) is 0 Å². The minimum absolute atomic E-state index is 0.0148. The third-order valence-electron chi connectivity index (χ3n) is 2.60. The molecule has 1 aliphatic rings. The van der Waals surface area contributed by atoms with Crippen LogP contribution in [0.25, 0.3) is 0 Å². The summed E-state index contributed by atoms with van der Waals surface area (Å²) in [5, 5.41) is 3.11. The Hall–Kier alpha value is -1.67. The van der Waals surface area contributed by atoms with Crippen molar-refractivity contribution in [2.24, 2.45) is 5.84 Å². The highest BCUT2D eigenvalue weighted by Crippen LogP contribution is 2.15. The van der Waals surface area contributed by atoms with E-state index in [0.717, 1.165) is 19.4 Å². The molecule has 1 aromatic rings. The van der Waals surface area contributed by atoms with Crippen LogP contribution in [-0.4, -0.2) is 40.3 Å². The van der Waals surface area contributed by atoms with Crippen molar-refractivity contribution < 1.29 is 9.47 Å². The molecule has 8 nitrogen and oxygen atoms in total. The Morgan fingerprint density at radius 3 is 2.79 bits per heavy atom. The molecule has 0 aromatic carbocycles. The van der Waals surface area contributed by atoms with Gasteiger partial charge in [0.15, 0.2) is 0 Å². The summed E-state index contributed by atoms with van der Waals surface area (Å²) >= 11 is 0. The molecule has 8 heteroatoms. The molecule has 1 aromatic heterocycles. The molecule has 1 atom stereocenters. The largest absolute Gasteiger partial charge is 0.461 e. The van der Waals surface area contributed by atoms with Gasteiger partial charge in [-0.3, -0.25) is 5.43 Å². The van der Waals surface area contributed by atoms with E-state index in [1.54, 1.807) is 0 Å². The quantitative estimate of drug-likeness (QED) is 0.507. The number of nitrogens with zero attached hydrogens (tertiary/aromatic N) is 3. The maximum atomic E-state index is 5.52. The topological polar surface area (TPSA) is 107 Å². The monoisotopic (exact) mass is 268 g/mol. The first-order valence-electron chi connectivity index (χ1n) is 6.42. The Morgan fingerprint density at radius 1 is 1.37 bits per heavy atom. The lowest BCUT2D eigenvalue weighted by atomic mass is 10.2. The first-order chi connectivity index (χ1) is 9.17. The summed E-state index contributed by atoms with van der Waals surface area (Å²) in [6.07, 6.45) is 2.34. The molecule has 0 spiro atoms. The van der Waals surface area contributed by atoms with E-state index < -0.39 is 0 Å². The third-order valence-corrected chi connectivity index (χ3v) is 2.60. The van der Waals surface area contributed by atoms with Gasteiger partial charge in [0.1, 0.15) is 0 Å². The second-order valence-electron chi connectivity index (χ2n) is 4.59. The molecule has 0 bridgehead atoms. The molecule has 4 N–H and O–H groups in total. The van der Waals surface area contributed by atoms with Crippen LogP contribution < -0.4 is 21.3 Å². The van der Waals surface area contributed by atoms with Crippen LogP contribution in [0, 0.1) is 0 Å². The van der Waals surface area contributed by atoms with Gasteiger partial charge in [0.25, 0.3) is 0 Å². The van der Waals surface area contributed by atoms with Crippen LogP contribution >= 0.6 is 0 Å². The SMILES string of the molecule is CC(C)Oc1nc(NN)nc(NCC2CCCO2)n1. The van der Waals surface area contributed by atoms with Gasteiger partial charge in [0.05, 0.1) is 12.2 Å². The normalized spacial score (nSPS) is 18.6. The van der Waals surface area contributed by atoms with Crippen molar-refractivity contribution in [2.45, 2.75) is 38.9 Å². The zero-order chi connectivity index (χ0) is 13.7. The Labute approximate surface area is 112 Å². The van der Waals surface area contributed by atoms with Gasteiger partial charge in [-0.05, 0) is 26.7 Å². The van der Waals surface area contributed by atoms with Crippen molar-refractivity contribution in [3.63, 3.8) is 0 Å². The predicted octanol–water partition coefficient (Wildman–Crippen LogP) is 0.535. The van der Waals surface area contributed by atoms with E-state index in [4.69, 9.17) is 15.3 Å². The third kappa shape index (κ3) is 4.18. The van der Waals surface area contributed by atoms with Crippen LogP contribution in [0.15, 0.2) is 0 Å². The summed E-state index contributed by atoms with van der Waals surface area (Å²) in [6, 6.07) is 0.243. The highest BCUT2D eigenvalue weighted by atomic mass is 16.5. The molecule has 1 saturated heterocycles. The summed E-state index contributed by atoms with van der Waals surface area (Å²) in [4.78, 5) is 12.3. The Morgan fingerprint density at radius 2 is 2.16 bits per heavy atom. The Kier molecular flexibility index (Phi) is 4.69. The lowest BCUT2D eigenvalue weighted by Crippen LogP contribution is -2.21. The van der Waals surface area contributed by atoms with Crippen LogP contribution in [0.5, 0.6) is 6.01 Å².